The maximum Gasteiger partial charge on any atom is 0.255 e. The molecule has 0 heterocycles. The molecule has 104 valence electrons. The van der Waals surface area contributed by atoms with E-state index in [1.165, 1.54) is 25.3 Å². The first kappa shape index (κ1) is 14.3. The quantitative estimate of drug-likeness (QED) is 0.898. The molecule has 6 heteroatoms. The minimum atomic E-state index is -0.566. The van der Waals surface area contributed by atoms with Crippen LogP contribution in [-0.4, -0.2) is 18.1 Å². The van der Waals surface area contributed by atoms with Crippen LogP contribution in [-0.2, 0) is 0 Å². The van der Waals surface area contributed by atoms with E-state index in [1.54, 1.807) is 12.1 Å². The molecule has 0 fully saturated rings. The van der Waals surface area contributed by atoms with Crippen LogP contribution in [0, 0.1) is 5.82 Å². The molecule has 0 bridgehead atoms. The summed E-state index contributed by atoms with van der Waals surface area (Å²) in [6, 6.07) is 8.52. The number of phenols is 1. The van der Waals surface area contributed by atoms with Crippen LogP contribution in [0.25, 0.3) is 0 Å². The van der Waals surface area contributed by atoms with E-state index in [9.17, 15) is 14.3 Å². The fraction of sp³-hybridized carbons (Fsp3) is 0.0714. The minimum absolute atomic E-state index is 0.0430. The number of hydrogen-bond acceptors (Lipinski definition) is 3. The lowest BCUT2D eigenvalue weighted by molar-refractivity contribution is 0.102. The van der Waals surface area contributed by atoms with Crippen molar-refractivity contribution in [3.63, 3.8) is 0 Å². The predicted molar refractivity (Wildman–Crippen MR) is 76.7 cm³/mol. The lowest BCUT2D eigenvalue weighted by atomic mass is 10.2. The molecule has 0 atom stereocenters. The second kappa shape index (κ2) is 5.92. The Morgan fingerprint density at radius 3 is 2.65 bits per heavy atom. The van der Waals surface area contributed by atoms with Crippen molar-refractivity contribution in [1.82, 2.24) is 0 Å². The summed E-state index contributed by atoms with van der Waals surface area (Å²) in [6.45, 7) is 0. The Morgan fingerprint density at radius 2 is 2.05 bits per heavy atom. The van der Waals surface area contributed by atoms with Gasteiger partial charge in [-0.1, -0.05) is 0 Å². The summed E-state index contributed by atoms with van der Waals surface area (Å²) in [5.41, 5.74) is 0.567. The van der Waals surface area contributed by atoms with Crippen LogP contribution >= 0.6 is 15.9 Å². The Labute approximate surface area is 123 Å². The summed E-state index contributed by atoms with van der Waals surface area (Å²) in [7, 11) is 1.36. The van der Waals surface area contributed by atoms with Crippen LogP contribution in [0.15, 0.2) is 40.9 Å². The van der Waals surface area contributed by atoms with Gasteiger partial charge in [-0.3, -0.25) is 4.79 Å². The van der Waals surface area contributed by atoms with E-state index in [0.717, 1.165) is 6.07 Å². The van der Waals surface area contributed by atoms with Crippen LogP contribution in [0.2, 0.25) is 0 Å². The maximum absolute atomic E-state index is 13.5. The molecule has 2 rings (SSSR count). The first-order valence-electron chi connectivity index (χ1n) is 5.64. The number of hydrogen-bond donors (Lipinski definition) is 2. The van der Waals surface area contributed by atoms with Crippen molar-refractivity contribution >= 4 is 27.5 Å². The van der Waals surface area contributed by atoms with Gasteiger partial charge in [0, 0.05) is 17.3 Å². The first-order valence-corrected chi connectivity index (χ1v) is 6.44. The summed E-state index contributed by atoms with van der Waals surface area (Å²) in [6.07, 6.45) is 0. The third-order valence-electron chi connectivity index (χ3n) is 2.62. The van der Waals surface area contributed by atoms with Gasteiger partial charge in [-0.15, -0.1) is 0 Å². The van der Waals surface area contributed by atoms with E-state index in [2.05, 4.69) is 21.2 Å². The van der Waals surface area contributed by atoms with Gasteiger partial charge < -0.3 is 15.2 Å². The summed E-state index contributed by atoms with van der Waals surface area (Å²) in [5.74, 6) is -0.954. The summed E-state index contributed by atoms with van der Waals surface area (Å²) in [4.78, 5) is 12.0. The molecule has 0 aliphatic heterocycles. The lowest BCUT2D eigenvalue weighted by Gasteiger charge is -2.08. The highest BCUT2D eigenvalue weighted by atomic mass is 79.9. The van der Waals surface area contributed by atoms with Crippen LogP contribution in [0.5, 0.6) is 11.5 Å². The Morgan fingerprint density at radius 1 is 1.30 bits per heavy atom. The van der Waals surface area contributed by atoms with E-state index in [1.807, 2.05) is 0 Å². The normalized spacial score (nSPS) is 10.2. The van der Waals surface area contributed by atoms with E-state index in [0.29, 0.717) is 10.2 Å². The van der Waals surface area contributed by atoms with Gasteiger partial charge in [0.05, 0.1) is 11.6 Å². The third-order valence-corrected chi connectivity index (χ3v) is 3.29. The van der Waals surface area contributed by atoms with Gasteiger partial charge in [-0.25, -0.2) is 4.39 Å². The Kier molecular flexibility index (Phi) is 4.24. The van der Waals surface area contributed by atoms with Crippen molar-refractivity contribution in [3.05, 3.63) is 52.3 Å². The van der Waals surface area contributed by atoms with Crippen LogP contribution in [0.4, 0.5) is 10.1 Å². The molecule has 0 aliphatic rings. The molecule has 0 spiro atoms. The van der Waals surface area contributed by atoms with Gasteiger partial charge in [0.25, 0.3) is 5.91 Å². The SMILES string of the molecule is COc1ccc(NC(=O)c2ccc(Br)c(O)c2)cc1F. The molecule has 2 aromatic rings. The Balaban J connectivity index is 2.19. The van der Waals surface area contributed by atoms with Crippen LogP contribution < -0.4 is 10.1 Å². The summed E-state index contributed by atoms with van der Waals surface area (Å²) in [5, 5.41) is 12.1. The van der Waals surface area contributed by atoms with E-state index in [-0.39, 0.29) is 17.1 Å². The Hall–Kier alpha value is -2.08. The number of aromatic hydroxyl groups is 1. The van der Waals surface area contributed by atoms with Gasteiger partial charge >= 0.3 is 0 Å². The minimum Gasteiger partial charge on any atom is -0.507 e. The fourth-order valence-electron chi connectivity index (χ4n) is 1.60. The molecule has 0 aromatic heterocycles. The van der Waals surface area contributed by atoms with Crippen LogP contribution in [0.3, 0.4) is 0 Å². The molecule has 0 radical (unpaired) electrons. The molecule has 1 amide bonds. The fourth-order valence-corrected chi connectivity index (χ4v) is 1.85. The zero-order chi connectivity index (χ0) is 14.7. The largest absolute Gasteiger partial charge is 0.507 e. The van der Waals surface area contributed by atoms with Crippen molar-refractivity contribution in [2.24, 2.45) is 0 Å². The topological polar surface area (TPSA) is 58.6 Å². The highest BCUT2D eigenvalue weighted by Crippen LogP contribution is 2.25. The highest BCUT2D eigenvalue weighted by molar-refractivity contribution is 9.10. The molecule has 0 unspecified atom stereocenters. The molecule has 2 N–H and O–H groups in total. The number of halogens is 2. The zero-order valence-electron chi connectivity index (χ0n) is 10.5. The molecule has 4 nitrogen and oxygen atoms in total. The lowest BCUT2D eigenvalue weighted by Crippen LogP contribution is -2.12. The number of carbonyl (C=O) groups excluding carboxylic acids is 1. The molecule has 2 aromatic carbocycles. The monoisotopic (exact) mass is 339 g/mol. The van der Waals surface area contributed by atoms with E-state index >= 15 is 0 Å². The summed E-state index contributed by atoms with van der Waals surface area (Å²) >= 11 is 3.13. The summed E-state index contributed by atoms with van der Waals surface area (Å²) < 4.78 is 18.8. The molecular weight excluding hydrogens is 329 g/mol. The number of carbonyl (C=O) groups is 1. The van der Waals surface area contributed by atoms with Crippen molar-refractivity contribution in [1.29, 1.82) is 0 Å². The smallest absolute Gasteiger partial charge is 0.255 e. The van der Waals surface area contributed by atoms with Crippen molar-refractivity contribution in [2.45, 2.75) is 0 Å². The average molecular weight is 340 g/mol. The van der Waals surface area contributed by atoms with Crippen molar-refractivity contribution < 1.29 is 19.0 Å². The van der Waals surface area contributed by atoms with E-state index in [4.69, 9.17) is 4.74 Å². The highest BCUT2D eigenvalue weighted by Gasteiger charge is 2.10. The van der Waals surface area contributed by atoms with Gasteiger partial charge in [0.15, 0.2) is 11.6 Å². The number of rotatable bonds is 3. The average Bonchev–Trinajstić information content (AvgIpc) is 2.42. The first-order chi connectivity index (χ1) is 9.51. The maximum atomic E-state index is 13.5. The second-order valence-corrected chi connectivity index (χ2v) is 4.82. The number of benzene rings is 2. The van der Waals surface area contributed by atoms with Gasteiger partial charge in [-0.05, 0) is 46.3 Å². The third kappa shape index (κ3) is 3.08. The van der Waals surface area contributed by atoms with Gasteiger partial charge in [0.2, 0.25) is 0 Å². The Bertz CT molecular complexity index is 661. The zero-order valence-corrected chi connectivity index (χ0v) is 12.1. The van der Waals surface area contributed by atoms with Gasteiger partial charge in [-0.2, -0.15) is 0 Å². The molecule has 0 aliphatic carbocycles. The molecular formula is C14H11BrFNO3. The second-order valence-electron chi connectivity index (χ2n) is 3.97. The number of methoxy groups -OCH3 is 1. The molecule has 0 saturated heterocycles. The number of amides is 1. The molecule has 0 saturated carbocycles. The molecule has 20 heavy (non-hydrogen) atoms. The number of ether oxygens (including phenoxy) is 1. The van der Waals surface area contributed by atoms with Crippen LogP contribution in [0.1, 0.15) is 10.4 Å². The number of nitrogens with one attached hydrogen (secondary N) is 1. The van der Waals surface area contributed by atoms with Gasteiger partial charge in [0.1, 0.15) is 5.75 Å². The van der Waals surface area contributed by atoms with E-state index < -0.39 is 11.7 Å². The predicted octanol–water partition coefficient (Wildman–Crippen LogP) is 3.55. The number of anilines is 1. The standard InChI is InChI=1S/C14H11BrFNO3/c1-20-13-5-3-9(7-11(13)16)17-14(19)8-2-4-10(15)12(18)6-8/h2-7,18H,1H3,(H,17,19). The number of phenolic OH excluding ortho intramolecular Hbond substituents is 1. The van der Waals surface area contributed by atoms with Crippen molar-refractivity contribution in [2.75, 3.05) is 12.4 Å². The van der Waals surface area contributed by atoms with Crippen molar-refractivity contribution in [3.8, 4) is 11.5 Å².